The molecule has 0 amide bonds. The van der Waals surface area contributed by atoms with Crippen LogP contribution in [0.2, 0.25) is 0 Å². The minimum Gasteiger partial charge on any atom is -0.400 e. The van der Waals surface area contributed by atoms with E-state index in [0.29, 0.717) is 0 Å². The Morgan fingerprint density at radius 1 is 0.484 bits per heavy atom. The van der Waals surface area contributed by atoms with Crippen molar-refractivity contribution in [3.05, 3.63) is 91.0 Å². The quantitative estimate of drug-likeness (QED) is 0.271. The highest BCUT2D eigenvalue weighted by atomic mass is 32.3. The average molecular weight is 490 g/mol. The SMILES string of the molecule is CO.O=S(=O)(O)O.O=S(=O)(O)O.c1ccc(P(c2ccccc2)c2ccccc2)cc1. The Morgan fingerprint density at radius 3 is 0.806 bits per heavy atom. The van der Waals surface area contributed by atoms with Gasteiger partial charge in [-0.25, -0.2) is 0 Å². The van der Waals surface area contributed by atoms with Gasteiger partial charge in [-0.2, -0.15) is 16.8 Å². The first-order valence-corrected chi connectivity index (χ1v) is 12.4. The van der Waals surface area contributed by atoms with Gasteiger partial charge in [0.2, 0.25) is 0 Å². The second kappa shape index (κ2) is 14.7. The Balaban J connectivity index is 0.000000628. The van der Waals surface area contributed by atoms with Gasteiger partial charge in [-0.05, 0) is 23.8 Å². The molecule has 3 aromatic rings. The highest BCUT2D eigenvalue weighted by Gasteiger charge is 2.14. The summed E-state index contributed by atoms with van der Waals surface area (Å²) in [5.41, 5.74) is 0. The third-order valence-electron chi connectivity index (χ3n) is 3.04. The molecule has 9 nitrogen and oxygen atoms in total. The maximum atomic E-state index is 8.74. The third kappa shape index (κ3) is 16.2. The van der Waals surface area contributed by atoms with Crippen molar-refractivity contribution in [2.45, 2.75) is 0 Å². The maximum absolute atomic E-state index is 8.74. The summed E-state index contributed by atoms with van der Waals surface area (Å²) in [5, 5.41) is 11.2. The van der Waals surface area contributed by atoms with Gasteiger partial charge < -0.3 is 5.11 Å². The average Bonchev–Trinajstić information content (AvgIpc) is 2.70. The van der Waals surface area contributed by atoms with Crippen molar-refractivity contribution in [2.24, 2.45) is 0 Å². The highest BCUT2D eigenvalue weighted by molar-refractivity contribution is 7.80. The molecule has 5 N–H and O–H groups in total. The van der Waals surface area contributed by atoms with Crippen LogP contribution in [-0.2, 0) is 20.8 Å². The minimum absolute atomic E-state index is 0.446. The van der Waals surface area contributed by atoms with Crippen molar-refractivity contribution in [3.8, 4) is 0 Å². The summed E-state index contributed by atoms with van der Waals surface area (Å²) in [7, 11) is -8.78. The van der Waals surface area contributed by atoms with Gasteiger partial charge in [0.05, 0.1) is 0 Å². The molecular weight excluding hydrogens is 467 g/mol. The van der Waals surface area contributed by atoms with E-state index in [-0.39, 0.29) is 0 Å². The van der Waals surface area contributed by atoms with Crippen LogP contribution in [-0.4, -0.2) is 47.3 Å². The molecule has 0 fully saturated rings. The van der Waals surface area contributed by atoms with Gasteiger partial charge in [0.25, 0.3) is 0 Å². The fourth-order valence-electron chi connectivity index (χ4n) is 2.18. The second-order valence-corrected chi connectivity index (χ2v) is 9.25. The number of hydrogen-bond donors (Lipinski definition) is 5. The molecule has 0 unspecified atom stereocenters. The van der Waals surface area contributed by atoms with Crippen LogP contribution in [0, 0.1) is 0 Å². The molecule has 0 saturated heterocycles. The summed E-state index contributed by atoms with van der Waals surface area (Å²) in [6, 6.07) is 32.3. The van der Waals surface area contributed by atoms with Crippen LogP contribution in [0.5, 0.6) is 0 Å². The van der Waals surface area contributed by atoms with Crippen molar-refractivity contribution >= 4 is 44.6 Å². The predicted octanol–water partition coefficient (Wildman–Crippen LogP) is 1.75. The molecule has 0 aliphatic heterocycles. The molecule has 31 heavy (non-hydrogen) atoms. The molecular formula is C19H23O9PS2. The van der Waals surface area contributed by atoms with Crippen LogP contribution in [0.4, 0.5) is 0 Å². The first kappa shape index (κ1) is 28.8. The van der Waals surface area contributed by atoms with E-state index in [9.17, 15) is 0 Å². The van der Waals surface area contributed by atoms with E-state index in [1.807, 2.05) is 0 Å². The number of benzene rings is 3. The Bertz CT molecular complexity index is 921. The van der Waals surface area contributed by atoms with Crippen molar-refractivity contribution in [1.29, 1.82) is 0 Å². The lowest BCUT2D eigenvalue weighted by atomic mass is 10.4. The summed E-state index contributed by atoms with van der Waals surface area (Å²) >= 11 is 0. The summed E-state index contributed by atoms with van der Waals surface area (Å²) in [4.78, 5) is 0. The molecule has 0 aliphatic rings. The lowest BCUT2D eigenvalue weighted by Crippen LogP contribution is -2.20. The van der Waals surface area contributed by atoms with Crippen molar-refractivity contribution < 1.29 is 40.2 Å². The minimum atomic E-state index is -4.67. The van der Waals surface area contributed by atoms with Crippen LogP contribution in [0.1, 0.15) is 0 Å². The smallest absolute Gasteiger partial charge is 0.394 e. The molecule has 0 spiro atoms. The first-order valence-electron chi connectivity index (χ1n) is 8.25. The van der Waals surface area contributed by atoms with Crippen molar-refractivity contribution in [1.82, 2.24) is 0 Å². The zero-order valence-corrected chi connectivity index (χ0v) is 18.8. The summed E-state index contributed by atoms with van der Waals surface area (Å²) in [5.74, 6) is 0. The fourth-order valence-corrected chi connectivity index (χ4v) is 4.48. The molecule has 0 aliphatic carbocycles. The molecule has 170 valence electrons. The van der Waals surface area contributed by atoms with Crippen molar-refractivity contribution in [3.63, 3.8) is 0 Å². The molecule has 0 aromatic heterocycles. The summed E-state index contributed by atoms with van der Waals surface area (Å²) in [6.45, 7) is 0. The van der Waals surface area contributed by atoms with E-state index in [0.717, 1.165) is 7.11 Å². The molecule has 0 radical (unpaired) electrons. The molecule has 0 bridgehead atoms. The molecule has 0 saturated carbocycles. The zero-order valence-electron chi connectivity index (χ0n) is 16.3. The van der Waals surface area contributed by atoms with E-state index in [1.54, 1.807) is 0 Å². The van der Waals surface area contributed by atoms with E-state index in [4.69, 9.17) is 40.2 Å². The van der Waals surface area contributed by atoms with Crippen LogP contribution in [0.15, 0.2) is 91.0 Å². The topological polar surface area (TPSA) is 169 Å². The zero-order chi connectivity index (χ0) is 23.9. The van der Waals surface area contributed by atoms with Crippen LogP contribution in [0.25, 0.3) is 0 Å². The van der Waals surface area contributed by atoms with Gasteiger partial charge >= 0.3 is 20.8 Å². The maximum Gasteiger partial charge on any atom is 0.394 e. The summed E-state index contributed by atoms with van der Waals surface area (Å²) in [6.07, 6.45) is 0. The molecule has 12 heteroatoms. The largest absolute Gasteiger partial charge is 0.400 e. The second-order valence-electron chi connectivity index (χ2n) is 5.24. The molecule has 3 aromatic carbocycles. The monoisotopic (exact) mass is 490 g/mol. The molecule has 0 heterocycles. The highest BCUT2D eigenvalue weighted by Crippen LogP contribution is 2.32. The van der Waals surface area contributed by atoms with Crippen LogP contribution >= 0.6 is 7.92 Å². The van der Waals surface area contributed by atoms with Gasteiger partial charge in [-0.3, -0.25) is 18.2 Å². The fraction of sp³-hybridized carbons (Fsp3) is 0.0526. The Hall–Kier alpha value is -2.21. The lowest BCUT2D eigenvalue weighted by molar-refractivity contribution is 0.378. The van der Waals surface area contributed by atoms with Crippen LogP contribution < -0.4 is 15.9 Å². The van der Waals surface area contributed by atoms with Gasteiger partial charge in [-0.1, -0.05) is 91.0 Å². The number of aliphatic hydroxyl groups is 1. The Morgan fingerprint density at radius 2 is 0.645 bits per heavy atom. The van der Waals surface area contributed by atoms with Gasteiger partial charge in [0, 0.05) is 7.11 Å². The molecule has 3 rings (SSSR count). The van der Waals surface area contributed by atoms with Gasteiger partial charge in [0.1, 0.15) is 0 Å². The molecule has 0 atom stereocenters. The van der Waals surface area contributed by atoms with Gasteiger partial charge in [0.15, 0.2) is 0 Å². The standard InChI is InChI=1S/C18H15P.CH4O.2H2O4S/c1-4-10-16(11-5-1)19(17-12-6-2-7-13-17)18-14-8-3-9-15-18;1-2;2*1-5(2,3)4/h1-15H;2H,1H3;2*(H2,1,2,3,4). The first-order chi connectivity index (χ1) is 14.4. The third-order valence-corrected chi connectivity index (χ3v) is 5.49. The van der Waals surface area contributed by atoms with E-state index < -0.39 is 28.7 Å². The van der Waals surface area contributed by atoms with E-state index in [1.165, 1.54) is 15.9 Å². The van der Waals surface area contributed by atoms with E-state index in [2.05, 4.69) is 91.0 Å². The summed E-state index contributed by atoms with van der Waals surface area (Å²) < 4.78 is 63.2. The predicted molar refractivity (Wildman–Crippen MR) is 122 cm³/mol. The number of hydrogen-bond acceptors (Lipinski definition) is 5. The Kier molecular flexibility index (Phi) is 13.7. The van der Waals surface area contributed by atoms with Crippen LogP contribution in [0.3, 0.4) is 0 Å². The normalized spacial score (nSPS) is 10.4. The van der Waals surface area contributed by atoms with E-state index >= 15 is 0 Å². The lowest BCUT2D eigenvalue weighted by Gasteiger charge is -2.18. The van der Waals surface area contributed by atoms with Crippen molar-refractivity contribution in [2.75, 3.05) is 7.11 Å². The van der Waals surface area contributed by atoms with Gasteiger partial charge in [-0.15, -0.1) is 0 Å². The number of aliphatic hydroxyl groups excluding tert-OH is 1. The number of rotatable bonds is 3. The Labute approximate surface area is 182 Å².